The second-order valence-corrected chi connectivity index (χ2v) is 6.51. The number of carbonyl (C=O) groups is 1. The van der Waals surface area contributed by atoms with Crippen LogP contribution < -0.4 is 22.5 Å². The SMILES string of the molecule is CCOC(=O)Cn1cnc2c1c(=O)[nH]c(=O)n2C.Cn1c(=O)[nH]c(=O)c2c1ncn2CO.[AlH2].[Li]. The number of H-pyrrole nitrogens is 2. The predicted octanol–water partition coefficient (Wildman–Crippen LogP) is -3.94. The molecular formula is C17H22AlLiN8O7. The first kappa shape index (κ1) is 28.9. The van der Waals surface area contributed by atoms with Gasteiger partial charge in [-0.1, -0.05) is 0 Å². The summed E-state index contributed by atoms with van der Waals surface area (Å²) in [4.78, 5) is 69.0. The second-order valence-electron chi connectivity index (χ2n) is 6.51. The third-order valence-corrected chi connectivity index (χ3v) is 4.51. The topological polar surface area (TPSA) is 192 Å². The van der Waals surface area contributed by atoms with Crippen LogP contribution in [-0.2, 0) is 36.9 Å². The van der Waals surface area contributed by atoms with Crippen LogP contribution >= 0.6 is 0 Å². The number of aromatic nitrogens is 8. The average Bonchev–Trinajstić information content (AvgIpc) is 3.36. The number of rotatable bonds is 4. The van der Waals surface area contributed by atoms with Crippen molar-refractivity contribution >= 4 is 64.5 Å². The van der Waals surface area contributed by atoms with E-state index in [1.54, 1.807) is 6.92 Å². The van der Waals surface area contributed by atoms with Crippen molar-refractivity contribution in [2.45, 2.75) is 20.2 Å². The molecule has 34 heavy (non-hydrogen) atoms. The molecule has 2 radical (unpaired) electrons. The Morgan fingerprint density at radius 1 is 0.941 bits per heavy atom. The molecule has 0 atom stereocenters. The van der Waals surface area contributed by atoms with E-state index in [2.05, 4.69) is 19.9 Å². The van der Waals surface area contributed by atoms with Crippen molar-refractivity contribution in [2.75, 3.05) is 6.61 Å². The van der Waals surface area contributed by atoms with Gasteiger partial charge in [-0.25, -0.2) is 19.6 Å². The number of nitrogens with zero attached hydrogens (tertiary/aromatic N) is 6. The van der Waals surface area contributed by atoms with E-state index in [0.717, 1.165) is 0 Å². The van der Waals surface area contributed by atoms with Gasteiger partial charge in [0.05, 0.1) is 19.3 Å². The molecule has 4 rings (SSSR count). The van der Waals surface area contributed by atoms with Crippen molar-refractivity contribution < 1.29 is 14.6 Å². The van der Waals surface area contributed by atoms with Gasteiger partial charge in [-0.2, -0.15) is 0 Å². The van der Waals surface area contributed by atoms with E-state index < -0.39 is 28.5 Å². The molecule has 4 aromatic heterocycles. The number of aryl methyl sites for hydroxylation is 2. The third-order valence-electron chi connectivity index (χ3n) is 4.51. The van der Waals surface area contributed by atoms with Crippen LogP contribution in [0.3, 0.4) is 0 Å². The summed E-state index contributed by atoms with van der Waals surface area (Å²) in [7, 11) is 2.98. The van der Waals surface area contributed by atoms with Crippen molar-refractivity contribution in [2.24, 2.45) is 14.1 Å². The number of imidazole rings is 2. The maximum absolute atomic E-state index is 11.7. The van der Waals surface area contributed by atoms with Gasteiger partial charge in [-0.15, -0.1) is 0 Å². The van der Waals surface area contributed by atoms with Gasteiger partial charge in [-0.3, -0.25) is 33.5 Å². The monoisotopic (exact) mass is 484 g/mol. The Hall–Kier alpha value is -3.14. The van der Waals surface area contributed by atoms with Gasteiger partial charge in [0.2, 0.25) is 0 Å². The zero-order valence-electron chi connectivity index (χ0n) is 19.4. The first-order valence-corrected chi connectivity index (χ1v) is 9.24. The molecule has 0 saturated carbocycles. The van der Waals surface area contributed by atoms with Crippen molar-refractivity contribution in [1.82, 2.24) is 38.2 Å². The minimum atomic E-state index is -0.574. The van der Waals surface area contributed by atoms with Crippen LogP contribution in [0.15, 0.2) is 31.8 Å². The molecule has 0 fully saturated rings. The van der Waals surface area contributed by atoms with E-state index >= 15 is 0 Å². The number of hydrogen-bond donors (Lipinski definition) is 3. The van der Waals surface area contributed by atoms with Crippen LogP contribution in [0, 0.1) is 0 Å². The van der Waals surface area contributed by atoms with E-state index in [0.29, 0.717) is 0 Å². The molecule has 0 aromatic carbocycles. The fourth-order valence-corrected chi connectivity index (χ4v) is 2.94. The van der Waals surface area contributed by atoms with Crippen LogP contribution in [0.4, 0.5) is 0 Å². The number of esters is 1. The fourth-order valence-electron chi connectivity index (χ4n) is 2.94. The number of aromatic amines is 2. The Kier molecular flexibility index (Phi) is 10.0. The number of aliphatic hydroxyl groups is 1. The summed E-state index contributed by atoms with van der Waals surface area (Å²) < 4.78 is 9.82. The van der Waals surface area contributed by atoms with Crippen LogP contribution in [0.1, 0.15) is 6.92 Å². The molecular weight excluding hydrogens is 462 g/mol. The van der Waals surface area contributed by atoms with Crippen molar-refractivity contribution in [3.63, 3.8) is 0 Å². The van der Waals surface area contributed by atoms with E-state index in [1.165, 1.54) is 45.0 Å². The van der Waals surface area contributed by atoms with Crippen LogP contribution in [0.5, 0.6) is 0 Å². The van der Waals surface area contributed by atoms with Gasteiger partial charge in [-0.05, 0) is 6.92 Å². The predicted molar refractivity (Wildman–Crippen MR) is 124 cm³/mol. The summed E-state index contributed by atoms with van der Waals surface area (Å²) in [6.07, 6.45) is 2.63. The summed E-state index contributed by atoms with van der Waals surface area (Å²) in [6, 6.07) is 0. The third kappa shape index (κ3) is 5.49. The van der Waals surface area contributed by atoms with Crippen LogP contribution in [0.25, 0.3) is 22.3 Å². The molecule has 0 spiro atoms. The molecule has 0 aliphatic rings. The Bertz CT molecular complexity index is 1540. The van der Waals surface area contributed by atoms with Gasteiger partial charge < -0.3 is 19.0 Å². The molecule has 17 heteroatoms. The number of carbonyl (C=O) groups excluding carboxylic acids is 1. The summed E-state index contributed by atoms with van der Waals surface area (Å²) in [5, 5.41) is 8.89. The molecule has 0 unspecified atom stereocenters. The number of ether oxygens (including phenoxy) is 1. The van der Waals surface area contributed by atoms with E-state index in [-0.39, 0.29) is 78.4 Å². The summed E-state index contributed by atoms with van der Waals surface area (Å²) >= 11 is 0. The van der Waals surface area contributed by atoms with E-state index in [4.69, 9.17) is 9.84 Å². The zero-order chi connectivity index (χ0) is 23.6. The quantitative estimate of drug-likeness (QED) is 0.192. The molecule has 3 N–H and O–H groups in total. The molecule has 0 aliphatic carbocycles. The van der Waals surface area contributed by atoms with Gasteiger partial charge in [0, 0.05) is 33.0 Å². The minimum absolute atomic E-state index is 0. The molecule has 176 valence electrons. The Morgan fingerprint density at radius 3 is 1.82 bits per heavy atom. The average molecular weight is 484 g/mol. The largest absolute Gasteiger partial charge is 0.465 e. The van der Waals surface area contributed by atoms with Gasteiger partial charge in [0.15, 0.2) is 22.3 Å². The molecule has 15 nitrogen and oxygen atoms in total. The van der Waals surface area contributed by atoms with Crippen molar-refractivity contribution in [3.05, 3.63) is 54.3 Å². The maximum Gasteiger partial charge on any atom is 0.329 e. The first-order chi connectivity index (χ1) is 15.2. The number of nitrogens with one attached hydrogen (secondary N) is 2. The molecule has 4 aromatic rings. The summed E-state index contributed by atoms with van der Waals surface area (Å²) in [6.45, 7) is 1.49. The summed E-state index contributed by atoms with van der Waals surface area (Å²) in [5.74, 6) is -0.468. The number of aliphatic hydroxyl groups excluding tert-OH is 1. The number of hydrogen-bond acceptors (Lipinski definition) is 9. The second kappa shape index (κ2) is 11.8. The van der Waals surface area contributed by atoms with Crippen LogP contribution in [0.2, 0.25) is 0 Å². The normalized spacial score (nSPS) is 10.2. The van der Waals surface area contributed by atoms with Gasteiger partial charge >= 0.3 is 17.3 Å². The summed E-state index contributed by atoms with van der Waals surface area (Å²) in [5.41, 5.74) is -1.34. The van der Waals surface area contributed by atoms with E-state index in [9.17, 15) is 24.0 Å². The molecule has 0 bridgehead atoms. The molecule has 0 saturated heterocycles. The fraction of sp³-hybridized carbons (Fsp3) is 0.353. The molecule has 4 heterocycles. The Labute approximate surface area is 212 Å². The van der Waals surface area contributed by atoms with Gasteiger partial charge in [0.1, 0.15) is 30.6 Å². The Balaban J connectivity index is 0.000000329. The Morgan fingerprint density at radius 2 is 1.38 bits per heavy atom. The maximum atomic E-state index is 11.7. The van der Waals surface area contributed by atoms with Gasteiger partial charge in [0.25, 0.3) is 11.1 Å². The first-order valence-electron chi connectivity index (χ1n) is 9.24. The van der Waals surface area contributed by atoms with E-state index in [1.807, 2.05) is 0 Å². The number of fused-ring (bicyclic) bond motifs is 2. The minimum Gasteiger partial charge on any atom is -0.465 e. The van der Waals surface area contributed by atoms with Crippen molar-refractivity contribution in [1.29, 1.82) is 0 Å². The molecule has 0 amide bonds. The van der Waals surface area contributed by atoms with Crippen LogP contribution in [-0.4, -0.2) is 92.1 Å². The standard InChI is InChI=1S/C10H12N4O4.C7H8N4O3.Al.Li.2H/c1-3-18-6(15)4-14-5-11-8-7(14)9(16)12-10(17)13(8)2;1-10-5-4(6(13)9-7(10)14)11(3-12)2-8-5;;;;/h5H,3-4H2,1-2H3,(H,12,16,17);2,12H,3H2,1H3,(H,9,13,14);;;;. The molecule has 0 aliphatic heterocycles. The smallest absolute Gasteiger partial charge is 0.329 e. The zero-order valence-corrected chi connectivity index (χ0v) is 21.4. The van der Waals surface area contributed by atoms with Crippen molar-refractivity contribution in [3.8, 4) is 0 Å².